The molecule has 3 amide bonds. The van der Waals surface area contributed by atoms with E-state index in [-0.39, 0.29) is 17.3 Å². The fourth-order valence-corrected chi connectivity index (χ4v) is 1.68. The number of nitrogens with one attached hydrogen (secondary N) is 4. The molecule has 1 aromatic heterocycles. The Bertz CT molecular complexity index is 538. The van der Waals surface area contributed by atoms with Crippen LogP contribution in [-0.4, -0.2) is 40.6 Å². The second-order valence-corrected chi connectivity index (χ2v) is 4.66. The van der Waals surface area contributed by atoms with Crippen molar-refractivity contribution in [2.75, 3.05) is 11.9 Å². The summed E-state index contributed by atoms with van der Waals surface area (Å²) < 4.78 is 0. The highest BCUT2D eigenvalue weighted by molar-refractivity contribution is 6.00. The number of rotatable bonds is 6. The molecule has 0 fully saturated rings. The Kier molecular flexibility index (Phi) is 5.77. The fraction of sp³-hybridized carbons (Fsp3) is 0.462. The summed E-state index contributed by atoms with van der Waals surface area (Å²) >= 11 is 0. The SMILES string of the molecule is CCCNC(=O)C(C)NC(=O)Nc1cc(C)[nH]c1C(=O)O. The minimum absolute atomic E-state index is 0.106. The van der Waals surface area contributed by atoms with Gasteiger partial charge < -0.3 is 26.0 Å². The number of hydrogen-bond acceptors (Lipinski definition) is 3. The predicted molar refractivity (Wildman–Crippen MR) is 77.4 cm³/mol. The summed E-state index contributed by atoms with van der Waals surface area (Å²) in [6.07, 6.45) is 0.801. The molecule has 0 aliphatic rings. The Morgan fingerprint density at radius 1 is 1.38 bits per heavy atom. The van der Waals surface area contributed by atoms with E-state index in [0.29, 0.717) is 12.2 Å². The van der Waals surface area contributed by atoms with Gasteiger partial charge in [-0.3, -0.25) is 4.79 Å². The zero-order valence-corrected chi connectivity index (χ0v) is 12.2. The van der Waals surface area contributed by atoms with E-state index in [1.807, 2.05) is 6.92 Å². The molecule has 8 nitrogen and oxygen atoms in total. The van der Waals surface area contributed by atoms with Crippen molar-refractivity contribution in [3.63, 3.8) is 0 Å². The molecule has 1 unspecified atom stereocenters. The summed E-state index contributed by atoms with van der Waals surface area (Å²) in [5, 5.41) is 16.5. The highest BCUT2D eigenvalue weighted by Gasteiger charge is 2.18. The quantitative estimate of drug-likeness (QED) is 0.538. The number of aromatic carboxylic acids is 1. The van der Waals surface area contributed by atoms with Crippen LogP contribution in [0.4, 0.5) is 10.5 Å². The van der Waals surface area contributed by atoms with Gasteiger partial charge in [-0.25, -0.2) is 9.59 Å². The number of aromatic amines is 1. The average molecular weight is 296 g/mol. The van der Waals surface area contributed by atoms with Crippen LogP contribution in [0.5, 0.6) is 0 Å². The van der Waals surface area contributed by atoms with Gasteiger partial charge in [0.2, 0.25) is 5.91 Å². The van der Waals surface area contributed by atoms with Crippen LogP contribution in [0.3, 0.4) is 0 Å². The van der Waals surface area contributed by atoms with Gasteiger partial charge in [-0.1, -0.05) is 6.92 Å². The molecule has 8 heteroatoms. The summed E-state index contributed by atoms with van der Waals surface area (Å²) in [6.45, 7) is 5.68. The Morgan fingerprint density at radius 3 is 2.62 bits per heavy atom. The lowest BCUT2D eigenvalue weighted by Gasteiger charge is -2.14. The van der Waals surface area contributed by atoms with Crippen LogP contribution < -0.4 is 16.0 Å². The Hall–Kier alpha value is -2.51. The maximum Gasteiger partial charge on any atom is 0.354 e. The third-order valence-corrected chi connectivity index (χ3v) is 2.70. The highest BCUT2D eigenvalue weighted by Crippen LogP contribution is 2.16. The van der Waals surface area contributed by atoms with E-state index >= 15 is 0 Å². The molecule has 0 aliphatic carbocycles. The Labute approximate surface area is 122 Å². The molecule has 1 heterocycles. The van der Waals surface area contributed by atoms with Gasteiger partial charge in [0.25, 0.3) is 0 Å². The zero-order valence-electron chi connectivity index (χ0n) is 12.2. The number of aromatic nitrogens is 1. The summed E-state index contributed by atoms with van der Waals surface area (Å²) in [5.41, 5.74) is 0.654. The lowest BCUT2D eigenvalue weighted by atomic mass is 10.3. The van der Waals surface area contributed by atoms with Gasteiger partial charge in [-0.15, -0.1) is 0 Å². The predicted octanol–water partition coefficient (Wildman–Crippen LogP) is 1.06. The second-order valence-electron chi connectivity index (χ2n) is 4.66. The first-order chi connectivity index (χ1) is 9.85. The minimum Gasteiger partial charge on any atom is -0.477 e. The molecular weight excluding hydrogens is 276 g/mol. The number of carboxylic acid groups (broad SMARTS) is 1. The fourth-order valence-electron chi connectivity index (χ4n) is 1.68. The number of amides is 3. The van der Waals surface area contributed by atoms with Gasteiger partial charge in [0, 0.05) is 12.2 Å². The number of urea groups is 1. The highest BCUT2D eigenvalue weighted by atomic mass is 16.4. The van der Waals surface area contributed by atoms with Gasteiger partial charge in [0.15, 0.2) is 0 Å². The van der Waals surface area contributed by atoms with E-state index in [0.717, 1.165) is 6.42 Å². The molecule has 5 N–H and O–H groups in total. The molecule has 0 radical (unpaired) electrons. The van der Waals surface area contributed by atoms with Crippen molar-refractivity contribution in [1.82, 2.24) is 15.6 Å². The molecular formula is C13H20N4O4. The van der Waals surface area contributed by atoms with Crippen LogP contribution in [0, 0.1) is 6.92 Å². The average Bonchev–Trinajstić information content (AvgIpc) is 2.76. The van der Waals surface area contributed by atoms with E-state index in [1.54, 1.807) is 13.8 Å². The zero-order chi connectivity index (χ0) is 16.0. The molecule has 0 spiro atoms. The lowest BCUT2D eigenvalue weighted by Crippen LogP contribution is -2.46. The van der Waals surface area contributed by atoms with E-state index in [9.17, 15) is 14.4 Å². The van der Waals surface area contributed by atoms with Gasteiger partial charge >= 0.3 is 12.0 Å². The topological polar surface area (TPSA) is 123 Å². The number of carbonyl (C=O) groups excluding carboxylic acids is 2. The van der Waals surface area contributed by atoms with Crippen molar-refractivity contribution in [2.45, 2.75) is 33.2 Å². The normalized spacial score (nSPS) is 11.6. The molecule has 1 rings (SSSR count). The number of hydrogen-bond donors (Lipinski definition) is 5. The number of carboxylic acids is 1. The monoisotopic (exact) mass is 296 g/mol. The number of carbonyl (C=O) groups is 3. The molecule has 0 aliphatic heterocycles. The maximum absolute atomic E-state index is 11.8. The number of H-pyrrole nitrogens is 1. The summed E-state index contributed by atoms with van der Waals surface area (Å²) in [6, 6.07) is 0.144. The van der Waals surface area contributed by atoms with Crippen molar-refractivity contribution in [3.05, 3.63) is 17.5 Å². The number of aryl methyl sites for hydroxylation is 1. The van der Waals surface area contributed by atoms with E-state index in [1.165, 1.54) is 6.07 Å². The van der Waals surface area contributed by atoms with E-state index in [4.69, 9.17) is 5.11 Å². The summed E-state index contributed by atoms with van der Waals surface area (Å²) in [4.78, 5) is 37.0. The molecule has 1 atom stereocenters. The van der Waals surface area contributed by atoms with Crippen LogP contribution in [0.25, 0.3) is 0 Å². The number of anilines is 1. The molecule has 0 saturated carbocycles. The first-order valence-electron chi connectivity index (χ1n) is 6.63. The van der Waals surface area contributed by atoms with Crippen molar-refractivity contribution in [2.24, 2.45) is 0 Å². The molecule has 21 heavy (non-hydrogen) atoms. The minimum atomic E-state index is -1.17. The summed E-state index contributed by atoms with van der Waals surface area (Å²) in [5.74, 6) is -1.47. The van der Waals surface area contributed by atoms with Gasteiger partial charge in [0.05, 0.1) is 5.69 Å². The van der Waals surface area contributed by atoms with Crippen LogP contribution in [0.15, 0.2) is 6.07 Å². The van der Waals surface area contributed by atoms with Gasteiger partial charge in [0.1, 0.15) is 11.7 Å². The molecule has 0 bridgehead atoms. The standard InChI is InChI=1S/C13H20N4O4/c1-4-5-14-11(18)8(3)16-13(21)17-9-6-7(2)15-10(9)12(19)20/h6,8,15H,4-5H2,1-3H3,(H,14,18)(H,19,20)(H2,16,17,21). The first-order valence-corrected chi connectivity index (χ1v) is 6.63. The maximum atomic E-state index is 11.8. The van der Waals surface area contributed by atoms with Crippen LogP contribution in [0.1, 0.15) is 36.5 Å². The van der Waals surface area contributed by atoms with Gasteiger partial charge in [-0.05, 0) is 26.3 Å². The lowest BCUT2D eigenvalue weighted by molar-refractivity contribution is -0.122. The first kappa shape index (κ1) is 16.5. The largest absolute Gasteiger partial charge is 0.477 e. The van der Waals surface area contributed by atoms with E-state index < -0.39 is 18.0 Å². The summed E-state index contributed by atoms with van der Waals surface area (Å²) in [7, 11) is 0. The molecule has 116 valence electrons. The van der Waals surface area contributed by atoms with Crippen molar-refractivity contribution < 1.29 is 19.5 Å². The van der Waals surface area contributed by atoms with Crippen molar-refractivity contribution in [3.8, 4) is 0 Å². The Morgan fingerprint density at radius 2 is 2.05 bits per heavy atom. The molecule has 0 aromatic carbocycles. The molecule has 1 aromatic rings. The Balaban J connectivity index is 2.61. The second kappa shape index (κ2) is 7.32. The van der Waals surface area contributed by atoms with Crippen molar-refractivity contribution >= 4 is 23.6 Å². The smallest absolute Gasteiger partial charge is 0.354 e. The third-order valence-electron chi connectivity index (χ3n) is 2.70. The van der Waals surface area contributed by atoms with Crippen molar-refractivity contribution in [1.29, 1.82) is 0 Å². The van der Waals surface area contributed by atoms with Crippen LogP contribution >= 0.6 is 0 Å². The van der Waals surface area contributed by atoms with E-state index in [2.05, 4.69) is 20.9 Å². The van der Waals surface area contributed by atoms with Crippen LogP contribution in [0.2, 0.25) is 0 Å². The molecule has 0 saturated heterocycles. The van der Waals surface area contributed by atoms with Crippen LogP contribution in [-0.2, 0) is 4.79 Å². The third kappa shape index (κ3) is 4.83. The van der Waals surface area contributed by atoms with Gasteiger partial charge in [-0.2, -0.15) is 0 Å².